The van der Waals surface area contributed by atoms with Gasteiger partial charge in [-0.1, -0.05) is 58.9 Å². The van der Waals surface area contributed by atoms with Crippen molar-refractivity contribution < 1.29 is 28.5 Å². The predicted molar refractivity (Wildman–Crippen MR) is 128 cm³/mol. The van der Waals surface area contributed by atoms with Crippen molar-refractivity contribution in [2.45, 2.75) is 58.5 Å². The Morgan fingerprint density at radius 3 is 2.42 bits per heavy atom. The first-order chi connectivity index (χ1) is 15.4. The molecule has 2 rings (SSSR count). The van der Waals surface area contributed by atoms with Gasteiger partial charge in [0.15, 0.2) is 0 Å². The van der Waals surface area contributed by atoms with E-state index in [-0.39, 0.29) is 29.9 Å². The summed E-state index contributed by atoms with van der Waals surface area (Å²) in [4.78, 5) is 15.5. The molecule has 0 radical (unpaired) electrons. The Bertz CT molecular complexity index is 1010. The van der Waals surface area contributed by atoms with Gasteiger partial charge in [-0.15, -0.1) is 4.52 Å². The van der Waals surface area contributed by atoms with Crippen molar-refractivity contribution in [2.75, 3.05) is 12.8 Å². The number of aliphatic hydroxyl groups is 1. The molecule has 0 amide bonds. The first-order valence-corrected chi connectivity index (χ1v) is 12.2. The molecular weight excluding hydrogens is 444 g/mol. The third-order valence-corrected chi connectivity index (χ3v) is 6.08. The number of nitrogens with zero attached hydrogens (tertiary/aromatic N) is 1. The summed E-state index contributed by atoms with van der Waals surface area (Å²) < 4.78 is 30.8. The fraction of sp³-hybridized carbons (Fsp3) is 0.440. The first-order valence-electron chi connectivity index (χ1n) is 10.8. The van der Waals surface area contributed by atoms with Crippen LogP contribution in [-0.2, 0) is 19.3 Å². The van der Waals surface area contributed by atoms with E-state index in [1.165, 1.54) is 12.1 Å². The minimum atomic E-state index is -2.20. The number of pyridine rings is 1. The highest BCUT2D eigenvalue weighted by molar-refractivity contribution is 7.39. The Hall–Kier alpha value is -2.47. The molecule has 6 nitrogen and oxygen atoms in total. The van der Waals surface area contributed by atoms with E-state index >= 15 is 0 Å². The van der Waals surface area contributed by atoms with Crippen molar-refractivity contribution in [2.24, 2.45) is 0 Å². The highest BCUT2D eigenvalue weighted by Crippen LogP contribution is 2.35. The van der Waals surface area contributed by atoms with Crippen LogP contribution in [0, 0.1) is 5.82 Å². The molecule has 0 bridgehead atoms. The number of aliphatic carboxylic acids is 1. The van der Waals surface area contributed by atoms with Crippen LogP contribution >= 0.6 is 8.03 Å². The molecule has 8 heteroatoms. The quantitative estimate of drug-likeness (QED) is 0.414. The highest BCUT2D eigenvalue weighted by Gasteiger charge is 2.25. The Kier molecular flexibility index (Phi) is 9.41. The van der Waals surface area contributed by atoms with E-state index in [2.05, 4.69) is 34.6 Å². The molecule has 0 aliphatic carbocycles. The van der Waals surface area contributed by atoms with Crippen molar-refractivity contribution >= 4 is 20.1 Å². The number of aliphatic hydroxyl groups excluding tert-OH is 1. The van der Waals surface area contributed by atoms with E-state index in [4.69, 9.17) is 14.6 Å². The second-order valence-corrected chi connectivity index (χ2v) is 10.5. The Balaban J connectivity index is 2.35. The van der Waals surface area contributed by atoms with Gasteiger partial charge in [-0.3, -0.25) is 9.78 Å². The van der Waals surface area contributed by atoms with Gasteiger partial charge in [0.1, 0.15) is 18.5 Å². The third-order valence-electron chi connectivity index (χ3n) is 4.93. The number of carboxylic acid groups (broad SMARTS) is 1. The topological polar surface area (TPSA) is 96.7 Å². The largest absolute Gasteiger partial charge is 0.511 e. The molecule has 1 heterocycles. The zero-order valence-corrected chi connectivity index (χ0v) is 20.6. The highest BCUT2D eigenvalue weighted by atomic mass is 31.1. The van der Waals surface area contributed by atoms with Crippen LogP contribution in [0.2, 0.25) is 0 Å². The molecule has 2 atom stereocenters. The van der Waals surface area contributed by atoms with E-state index < -0.39 is 26.5 Å². The Morgan fingerprint density at radius 1 is 1.24 bits per heavy atom. The fourth-order valence-corrected chi connectivity index (χ4v) is 4.06. The molecule has 2 aromatic rings. The van der Waals surface area contributed by atoms with Gasteiger partial charge in [0.2, 0.25) is 6.16 Å². The van der Waals surface area contributed by atoms with E-state index in [1.807, 2.05) is 12.1 Å². The SMILES string of the molecule is CC(C)c1nc(C(C)(C)C)cc(-c2ccc(F)cc2)c1C=CCO[P+](=O)CC(O)CC(=O)O. The molecule has 2 N–H and O–H groups in total. The standard InChI is InChI=1S/C25H31FNO5P/c1-16(2)24-20(7-6-12-32-33(31)15-19(28)13-23(29)30)21(14-22(27-24)25(3,4)5)17-8-10-18(26)11-9-17/h6-11,14,16,19,28H,12-13,15H2,1-5H3/p+1. The van der Waals surface area contributed by atoms with Gasteiger partial charge < -0.3 is 10.2 Å². The minimum Gasteiger partial charge on any atom is -0.481 e. The van der Waals surface area contributed by atoms with E-state index in [1.54, 1.807) is 18.2 Å². The number of aromatic nitrogens is 1. The molecule has 178 valence electrons. The molecule has 1 aromatic heterocycles. The summed E-state index contributed by atoms with van der Waals surface area (Å²) >= 11 is 0. The third kappa shape index (κ3) is 8.11. The molecule has 2 unspecified atom stereocenters. The van der Waals surface area contributed by atoms with Gasteiger partial charge in [0.25, 0.3) is 0 Å². The van der Waals surface area contributed by atoms with E-state index in [0.717, 1.165) is 28.1 Å². The van der Waals surface area contributed by atoms with Crippen LogP contribution in [0.5, 0.6) is 0 Å². The zero-order valence-electron chi connectivity index (χ0n) is 19.7. The maximum absolute atomic E-state index is 13.5. The lowest BCUT2D eigenvalue weighted by Crippen LogP contribution is -2.16. The fourth-order valence-electron chi connectivity index (χ4n) is 3.23. The number of rotatable bonds is 10. The number of carboxylic acids is 1. The molecule has 0 saturated carbocycles. The van der Waals surface area contributed by atoms with Crippen LogP contribution in [-0.4, -0.2) is 40.0 Å². The van der Waals surface area contributed by atoms with Crippen molar-refractivity contribution in [3.8, 4) is 11.1 Å². The van der Waals surface area contributed by atoms with Gasteiger partial charge >= 0.3 is 14.0 Å². The average molecular weight is 477 g/mol. The van der Waals surface area contributed by atoms with E-state index in [0.29, 0.717) is 0 Å². The van der Waals surface area contributed by atoms with Gasteiger partial charge in [-0.05, 0) is 39.8 Å². The number of carbonyl (C=O) groups is 1. The molecule has 0 saturated heterocycles. The number of hydrogen-bond acceptors (Lipinski definition) is 5. The molecule has 33 heavy (non-hydrogen) atoms. The Morgan fingerprint density at radius 2 is 1.88 bits per heavy atom. The van der Waals surface area contributed by atoms with Crippen LogP contribution in [0.15, 0.2) is 36.4 Å². The Labute approximate surface area is 195 Å². The lowest BCUT2D eigenvalue weighted by molar-refractivity contribution is -0.138. The second-order valence-electron chi connectivity index (χ2n) is 9.23. The summed E-state index contributed by atoms with van der Waals surface area (Å²) in [6.45, 7) is 10.4. The van der Waals surface area contributed by atoms with Crippen molar-refractivity contribution in [3.63, 3.8) is 0 Å². The van der Waals surface area contributed by atoms with Gasteiger partial charge in [-0.2, -0.15) is 0 Å². The first kappa shape index (κ1) is 26.8. The summed E-state index contributed by atoms with van der Waals surface area (Å²) in [5, 5.41) is 18.3. The zero-order chi connectivity index (χ0) is 24.8. The molecule has 0 spiro atoms. The molecule has 0 aliphatic heterocycles. The van der Waals surface area contributed by atoms with Crippen LogP contribution in [0.3, 0.4) is 0 Å². The number of hydrogen-bond donors (Lipinski definition) is 2. The predicted octanol–water partition coefficient (Wildman–Crippen LogP) is 5.92. The molecule has 1 aromatic carbocycles. The lowest BCUT2D eigenvalue weighted by Gasteiger charge is -2.23. The number of halogens is 1. The van der Waals surface area contributed by atoms with Crippen molar-refractivity contribution in [1.82, 2.24) is 4.98 Å². The molecular formula is C25H32FNO5P+. The van der Waals surface area contributed by atoms with Gasteiger partial charge in [-0.25, -0.2) is 4.39 Å². The molecule has 0 fully saturated rings. The summed E-state index contributed by atoms with van der Waals surface area (Å²) in [6, 6.07) is 8.32. The smallest absolute Gasteiger partial charge is 0.481 e. The lowest BCUT2D eigenvalue weighted by atomic mass is 9.86. The summed E-state index contributed by atoms with van der Waals surface area (Å²) in [5.74, 6) is -1.35. The minimum absolute atomic E-state index is 0.0242. The van der Waals surface area contributed by atoms with Crippen LogP contribution in [0.4, 0.5) is 4.39 Å². The van der Waals surface area contributed by atoms with E-state index in [9.17, 15) is 18.9 Å². The monoisotopic (exact) mass is 476 g/mol. The maximum atomic E-state index is 13.5. The summed E-state index contributed by atoms with van der Waals surface area (Å²) in [7, 11) is -2.20. The summed E-state index contributed by atoms with van der Waals surface area (Å²) in [6.07, 6.45) is 1.62. The van der Waals surface area contributed by atoms with Gasteiger partial charge in [0.05, 0.1) is 12.1 Å². The van der Waals surface area contributed by atoms with Crippen molar-refractivity contribution in [3.05, 3.63) is 59.2 Å². The summed E-state index contributed by atoms with van der Waals surface area (Å²) in [5.41, 5.74) is 4.27. The van der Waals surface area contributed by atoms with Crippen LogP contribution in [0.25, 0.3) is 17.2 Å². The normalized spacial score (nSPS) is 13.5. The molecule has 0 aliphatic rings. The van der Waals surface area contributed by atoms with Crippen LogP contribution in [0.1, 0.15) is 63.9 Å². The maximum Gasteiger partial charge on any atom is 0.511 e. The number of benzene rings is 1. The average Bonchev–Trinajstić information content (AvgIpc) is 2.69. The van der Waals surface area contributed by atoms with Crippen LogP contribution < -0.4 is 0 Å². The second kappa shape index (κ2) is 11.6. The van der Waals surface area contributed by atoms with Gasteiger partial charge in [0, 0.05) is 16.7 Å². The van der Waals surface area contributed by atoms with Crippen molar-refractivity contribution in [1.29, 1.82) is 0 Å².